The molecule has 1 saturated carbocycles. The number of aryl methyl sites for hydroxylation is 1. The average Bonchev–Trinajstić information content (AvgIpc) is 3.04. The summed E-state index contributed by atoms with van der Waals surface area (Å²) in [6.45, 7) is 4.28. The molecule has 0 saturated heterocycles. The fourth-order valence-electron chi connectivity index (χ4n) is 3.41. The predicted octanol–water partition coefficient (Wildman–Crippen LogP) is 4.49. The molecule has 3 rings (SSSR count). The Hall–Kier alpha value is -1.57. The maximum absolute atomic E-state index is 12.8. The van der Waals surface area contributed by atoms with Crippen molar-refractivity contribution in [1.82, 2.24) is 4.98 Å². The number of aromatic nitrogens is 1. The number of para-hydroxylation sites is 1. The number of carbonyl (C=O) groups excluding carboxylic acids is 1. The van der Waals surface area contributed by atoms with Gasteiger partial charge in [0, 0.05) is 28.1 Å². The number of hydrogen-bond donors (Lipinski definition) is 1. The van der Waals surface area contributed by atoms with Crippen LogP contribution < -0.4 is 0 Å². The molecule has 1 aromatic heterocycles. The Balaban J connectivity index is 2.08. The second-order valence-corrected chi connectivity index (χ2v) is 5.99. The van der Waals surface area contributed by atoms with Gasteiger partial charge in [0.15, 0.2) is 5.78 Å². The van der Waals surface area contributed by atoms with Crippen LogP contribution in [0.2, 0.25) is 0 Å². The fourth-order valence-corrected chi connectivity index (χ4v) is 3.41. The monoisotopic (exact) mass is 255 g/mol. The van der Waals surface area contributed by atoms with Crippen molar-refractivity contribution in [3.63, 3.8) is 0 Å². The van der Waals surface area contributed by atoms with Gasteiger partial charge in [-0.2, -0.15) is 0 Å². The lowest BCUT2D eigenvalue weighted by Gasteiger charge is -2.21. The van der Waals surface area contributed by atoms with Crippen molar-refractivity contribution in [2.45, 2.75) is 46.0 Å². The van der Waals surface area contributed by atoms with E-state index in [2.05, 4.69) is 37.0 Å². The van der Waals surface area contributed by atoms with E-state index in [0.717, 1.165) is 35.7 Å². The summed E-state index contributed by atoms with van der Waals surface area (Å²) in [7, 11) is 0. The molecule has 1 heterocycles. The molecule has 0 atom stereocenters. The van der Waals surface area contributed by atoms with Crippen LogP contribution in [0, 0.1) is 5.41 Å². The topological polar surface area (TPSA) is 32.9 Å². The van der Waals surface area contributed by atoms with Crippen LogP contribution in [0.25, 0.3) is 10.9 Å². The first-order valence-corrected chi connectivity index (χ1v) is 7.29. The Morgan fingerprint density at radius 3 is 2.74 bits per heavy atom. The van der Waals surface area contributed by atoms with Crippen molar-refractivity contribution in [1.29, 1.82) is 0 Å². The Labute approximate surface area is 114 Å². The summed E-state index contributed by atoms with van der Waals surface area (Å²) < 4.78 is 0. The second-order valence-electron chi connectivity index (χ2n) is 5.99. The lowest BCUT2D eigenvalue weighted by atomic mass is 9.80. The minimum absolute atomic E-state index is 0.142. The van der Waals surface area contributed by atoms with Crippen molar-refractivity contribution < 1.29 is 4.79 Å². The number of nitrogens with one attached hydrogen (secondary N) is 1. The molecule has 2 nitrogen and oxygen atoms in total. The highest BCUT2D eigenvalue weighted by atomic mass is 16.1. The molecule has 0 unspecified atom stereocenters. The van der Waals surface area contributed by atoms with Crippen LogP contribution in [0.3, 0.4) is 0 Å². The van der Waals surface area contributed by atoms with Gasteiger partial charge in [0.25, 0.3) is 0 Å². The van der Waals surface area contributed by atoms with E-state index in [1.807, 2.05) is 6.20 Å². The fraction of sp³-hybridized carbons (Fsp3) is 0.471. The van der Waals surface area contributed by atoms with Crippen LogP contribution in [-0.4, -0.2) is 10.8 Å². The van der Waals surface area contributed by atoms with Crippen LogP contribution >= 0.6 is 0 Å². The Bertz CT molecular complexity index is 617. The van der Waals surface area contributed by atoms with Crippen molar-refractivity contribution >= 4 is 16.7 Å². The third-order valence-electron chi connectivity index (χ3n) is 4.68. The average molecular weight is 255 g/mol. The molecule has 1 fully saturated rings. The standard InChI is InChI=1S/C17H21NO/c1-3-12-7-6-8-13-14(11-18-15(12)13)16(19)17(2)9-4-5-10-17/h6-8,11,18H,3-5,9-10H2,1-2H3. The first kappa shape index (κ1) is 12.5. The number of benzene rings is 1. The van der Waals surface area contributed by atoms with Gasteiger partial charge in [0.2, 0.25) is 0 Å². The maximum Gasteiger partial charge on any atom is 0.170 e. The molecule has 19 heavy (non-hydrogen) atoms. The predicted molar refractivity (Wildman–Crippen MR) is 78.6 cm³/mol. The van der Waals surface area contributed by atoms with Gasteiger partial charge in [-0.1, -0.05) is 44.9 Å². The molecule has 0 radical (unpaired) electrons. The van der Waals surface area contributed by atoms with Crippen molar-refractivity contribution in [2.24, 2.45) is 5.41 Å². The molecule has 100 valence electrons. The SMILES string of the molecule is CCc1cccc2c(C(=O)C3(C)CCCC3)c[nH]c12. The van der Waals surface area contributed by atoms with Crippen LogP contribution in [-0.2, 0) is 6.42 Å². The Kier molecular flexibility index (Phi) is 2.96. The first-order chi connectivity index (χ1) is 9.15. The zero-order chi connectivity index (χ0) is 13.5. The quantitative estimate of drug-likeness (QED) is 0.805. The summed E-state index contributed by atoms with van der Waals surface area (Å²) in [4.78, 5) is 16.1. The third-order valence-corrected chi connectivity index (χ3v) is 4.68. The van der Waals surface area contributed by atoms with Crippen LogP contribution in [0.15, 0.2) is 24.4 Å². The molecule has 0 amide bonds. The van der Waals surface area contributed by atoms with Gasteiger partial charge in [0.1, 0.15) is 0 Å². The normalized spacial score (nSPS) is 18.0. The summed E-state index contributed by atoms with van der Waals surface area (Å²) in [5.74, 6) is 0.324. The van der Waals surface area contributed by atoms with Gasteiger partial charge in [0.05, 0.1) is 0 Å². The summed E-state index contributed by atoms with van der Waals surface area (Å²) in [6.07, 6.45) is 7.34. The Morgan fingerprint density at radius 1 is 1.32 bits per heavy atom. The lowest BCUT2D eigenvalue weighted by molar-refractivity contribution is 0.0825. The number of Topliss-reactive ketones (excluding diaryl/α,β-unsaturated/α-hetero) is 1. The van der Waals surface area contributed by atoms with E-state index in [-0.39, 0.29) is 5.41 Å². The van der Waals surface area contributed by atoms with E-state index in [0.29, 0.717) is 5.78 Å². The zero-order valence-corrected chi connectivity index (χ0v) is 11.8. The highest BCUT2D eigenvalue weighted by Gasteiger charge is 2.37. The number of aromatic amines is 1. The maximum atomic E-state index is 12.8. The van der Waals surface area contributed by atoms with Gasteiger partial charge in [-0.05, 0) is 24.8 Å². The largest absolute Gasteiger partial charge is 0.360 e. The van der Waals surface area contributed by atoms with Crippen molar-refractivity contribution in [3.8, 4) is 0 Å². The molecule has 1 aliphatic rings. The molecule has 0 aliphatic heterocycles. The molecule has 0 bridgehead atoms. The molecule has 1 N–H and O–H groups in total. The van der Waals surface area contributed by atoms with Crippen molar-refractivity contribution in [3.05, 3.63) is 35.5 Å². The number of carbonyl (C=O) groups is 1. The number of ketones is 1. The van der Waals surface area contributed by atoms with Gasteiger partial charge in [-0.15, -0.1) is 0 Å². The number of hydrogen-bond acceptors (Lipinski definition) is 1. The number of H-pyrrole nitrogens is 1. The molecule has 1 aromatic carbocycles. The highest BCUT2D eigenvalue weighted by Crippen LogP contribution is 2.41. The van der Waals surface area contributed by atoms with E-state index < -0.39 is 0 Å². The summed E-state index contributed by atoms with van der Waals surface area (Å²) >= 11 is 0. The highest BCUT2D eigenvalue weighted by molar-refractivity contribution is 6.10. The third kappa shape index (κ3) is 1.90. The van der Waals surface area contributed by atoms with E-state index in [9.17, 15) is 4.79 Å². The molecular weight excluding hydrogens is 234 g/mol. The van der Waals surface area contributed by atoms with Gasteiger partial charge >= 0.3 is 0 Å². The second kappa shape index (κ2) is 4.52. The molecular formula is C17H21NO. The summed E-state index contributed by atoms with van der Waals surface area (Å²) in [5.41, 5.74) is 3.16. The van der Waals surface area contributed by atoms with E-state index in [1.54, 1.807) is 0 Å². The minimum Gasteiger partial charge on any atom is -0.360 e. The first-order valence-electron chi connectivity index (χ1n) is 7.29. The lowest BCUT2D eigenvalue weighted by Crippen LogP contribution is -2.24. The van der Waals surface area contributed by atoms with Gasteiger partial charge in [-0.25, -0.2) is 0 Å². The van der Waals surface area contributed by atoms with E-state index in [1.165, 1.54) is 18.4 Å². The molecule has 2 aromatic rings. The van der Waals surface area contributed by atoms with E-state index >= 15 is 0 Å². The van der Waals surface area contributed by atoms with Crippen LogP contribution in [0.4, 0.5) is 0 Å². The molecule has 0 spiro atoms. The summed E-state index contributed by atoms with van der Waals surface area (Å²) in [6, 6.07) is 6.25. The van der Waals surface area contributed by atoms with Crippen LogP contribution in [0.5, 0.6) is 0 Å². The molecule has 1 aliphatic carbocycles. The van der Waals surface area contributed by atoms with E-state index in [4.69, 9.17) is 0 Å². The van der Waals surface area contributed by atoms with Gasteiger partial charge in [-0.3, -0.25) is 4.79 Å². The number of fused-ring (bicyclic) bond motifs is 1. The van der Waals surface area contributed by atoms with Crippen molar-refractivity contribution in [2.75, 3.05) is 0 Å². The number of rotatable bonds is 3. The van der Waals surface area contributed by atoms with Gasteiger partial charge < -0.3 is 4.98 Å². The summed E-state index contributed by atoms with van der Waals surface area (Å²) in [5, 5.41) is 1.09. The minimum atomic E-state index is -0.142. The molecule has 2 heteroatoms. The Morgan fingerprint density at radius 2 is 2.05 bits per heavy atom. The van der Waals surface area contributed by atoms with Crippen LogP contribution in [0.1, 0.15) is 55.5 Å². The zero-order valence-electron chi connectivity index (χ0n) is 11.8. The smallest absolute Gasteiger partial charge is 0.170 e.